The van der Waals surface area contributed by atoms with Crippen molar-refractivity contribution in [1.82, 2.24) is 10.2 Å². The number of nitrogens with zero attached hydrogens (tertiary/aromatic N) is 1. The number of carbonyl (C=O) groups excluding carboxylic acids is 4. The van der Waals surface area contributed by atoms with Crippen LogP contribution >= 0.6 is 11.8 Å². The number of carboxylic acids is 1. The van der Waals surface area contributed by atoms with Gasteiger partial charge in [0, 0.05) is 5.75 Å². The number of esters is 2. The molecule has 1 aliphatic rings. The summed E-state index contributed by atoms with van der Waals surface area (Å²) in [4.78, 5) is 66.8. The minimum absolute atomic E-state index is 0.0125. The molecule has 0 spiro atoms. The Morgan fingerprint density at radius 2 is 1.34 bits per heavy atom. The van der Waals surface area contributed by atoms with Crippen molar-refractivity contribution in [2.45, 2.75) is 63.7 Å². The molecule has 1 fully saturated rings. The molecule has 0 aromatic heterocycles. The number of amides is 2. The van der Waals surface area contributed by atoms with E-state index >= 15 is 0 Å². The van der Waals surface area contributed by atoms with E-state index in [1.54, 1.807) is 58.0 Å². The predicted molar refractivity (Wildman–Crippen MR) is 177 cm³/mol. The molecule has 0 bridgehead atoms. The zero-order chi connectivity index (χ0) is 34.1. The van der Waals surface area contributed by atoms with E-state index in [-0.39, 0.29) is 24.0 Å². The molecule has 3 aromatic carbocycles. The number of carbonyl (C=O) groups is 5. The molecule has 2 amide bonds. The summed E-state index contributed by atoms with van der Waals surface area (Å²) in [6, 6.07) is 25.5. The molecule has 3 aromatic rings. The van der Waals surface area contributed by atoms with E-state index in [0.29, 0.717) is 22.3 Å². The fourth-order valence-electron chi connectivity index (χ4n) is 5.19. The number of hydrogen-bond donors (Lipinski definition) is 2. The molecule has 10 nitrogen and oxygen atoms in total. The average molecular weight is 659 g/mol. The second-order valence-corrected chi connectivity index (χ2v) is 12.6. The molecule has 0 saturated carbocycles. The van der Waals surface area contributed by atoms with E-state index in [1.165, 1.54) is 0 Å². The number of hydrogen-bond acceptors (Lipinski definition) is 8. The quantitative estimate of drug-likeness (QED) is 0.103. The summed E-state index contributed by atoms with van der Waals surface area (Å²) in [5, 5.41) is 11.7. The monoisotopic (exact) mass is 658 g/mol. The Kier molecular flexibility index (Phi) is 12.0. The summed E-state index contributed by atoms with van der Waals surface area (Å²) in [7, 11) is 0. The lowest BCUT2D eigenvalue weighted by Gasteiger charge is -2.47. The predicted octanol–water partition coefficient (Wildman–Crippen LogP) is 5.21. The standard InChI is InChI=1S/C36H38N2O8S/c1-22(2)30(35(42)43)38-33(41)29(34(38)47-21-20-27(39)45-23(3)4)37-32(40)28(24-14-8-5-9-15-24)36(44)46-31(25-16-10-6-11-17-25)26-18-12-7-13-19-26/h5-19,23,28-29,31,34H,20-21H2,1-4H3,(H,37,40)(H,42,43). The van der Waals surface area contributed by atoms with Crippen molar-refractivity contribution in [1.29, 1.82) is 0 Å². The highest BCUT2D eigenvalue weighted by Crippen LogP contribution is 2.36. The van der Waals surface area contributed by atoms with Crippen LogP contribution in [-0.2, 0) is 33.4 Å². The fraction of sp³-hybridized carbons (Fsp3) is 0.306. The van der Waals surface area contributed by atoms with Gasteiger partial charge >= 0.3 is 17.9 Å². The van der Waals surface area contributed by atoms with Crippen LogP contribution < -0.4 is 5.32 Å². The van der Waals surface area contributed by atoms with Crippen LogP contribution in [0.4, 0.5) is 0 Å². The van der Waals surface area contributed by atoms with Crippen molar-refractivity contribution < 1.29 is 38.6 Å². The van der Waals surface area contributed by atoms with Gasteiger partial charge in [0.15, 0.2) is 12.0 Å². The molecular weight excluding hydrogens is 620 g/mol. The zero-order valence-corrected chi connectivity index (χ0v) is 27.4. The van der Waals surface area contributed by atoms with Gasteiger partial charge in [-0.1, -0.05) is 91.0 Å². The van der Waals surface area contributed by atoms with Crippen LogP contribution in [0.5, 0.6) is 0 Å². The Morgan fingerprint density at radius 3 is 1.81 bits per heavy atom. The minimum atomic E-state index is -1.44. The Morgan fingerprint density at radius 1 is 0.830 bits per heavy atom. The highest BCUT2D eigenvalue weighted by molar-refractivity contribution is 8.00. The number of likely N-dealkylation sites (tertiary alicyclic amines) is 1. The second-order valence-electron chi connectivity index (χ2n) is 11.4. The van der Waals surface area contributed by atoms with Crippen molar-refractivity contribution in [2.24, 2.45) is 0 Å². The van der Waals surface area contributed by atoms with E-state index in [1.807, 2.05) is 60.7 Å². The van der Waals surface area contributed by atoms with E-state index < -0.39 is 53.2 Å². The first-order valence-electron chi connectivity index (χ1n) is 15.2. The summed E-state index contributed by atoms with van der Waals surface area (Å²) in [5.74, 6) is -5.24. The van der Waals surface area contributed by atoms with E-state index in [2.05, 4.69) is 5.32 Å². The molecule has 246 valence electrons. The number of ether oxygens (including phenoxy) is 2. The number of aliphatic carboxylic acids is 1. The van der Waals surface area contributed by atoms with Gasteiger partial charge in [-0.25, -0.2) is 4.79 Å². The second kappa shape index (κ2) is 16.1. The molecule has 1 saturated heterocycles. The van der Waals surface area contributed by atoms with Gasteiger partial charge in [-0.15, -0.1) is 11.8 Å². The fourth-order valence-corrected chi connectivity index (χ4v) is 6.45. The van der Waals surface area contributed by atoms with Gasteiger partial charge in [-0.2, -0.15) is 0 Å². The van der Waals surface area contributed by atoms with Crippen LogP contribution in [0.1, 0.15) is 62.8 Å². The SMILES string of the molecule is CC(C)=C(C(=O)O)N1C(=O)C(NC(=O)C(C(=O)OC(c2ccccc2)c2ccccc2)c2ccccc2)C1SCCC(=O)OC(C)C. The maximum Gasteiger partial charge on any atom is 0.352 e. The Balaban J connectivity index is 1.61. The van der Waals surface area contributed by atoms with Crippen LogP contribution in [0, 0.1) is 0 Å². The molecular formula is C36H38N2O8S. The van der Waals surface area contributed by atoms with E-state index in [4.69, 9.17) is 9.47 Å². The molecule has 1 heterocycles. The van der Waals surface area contributed by atoms with Crippen LogP contribution in [0.25, 0.3) is 0 Å². The first-order chi connectivity index (χ1) is 22.5. The lowest BCUT2D eigenvalue weighted by Crippen LogP contribution is -2.70. The van der Waals surface area contributed by atoms with Gasteiger partial charge in [0.05, 0.1) is 12.5 Å². The number of β-lactam (4-membered cyclic amide) rings is 1. The molecule has 3 atom stereocenters. The van der Waals surface area contributed by atoms with Gasteiger partial charge in [0.1, 0.15) is 17.1 Å². The third kappa shape index (κ3) is 8.68. The molecule has 4 rings (SSSR count). The van der Waals surface area contributed by atoms with Crippen molar-refractivity contribution in [3.8, 4) is 0 Å². The number of rotatable bonds is 14. The zero-order valence-electron chi connectivity index (χ0n) is 26.6. The van der Waals surface area contributed by atoms with Crippen LogP contribution in [0.2, 0.25) is 0 Å². The topological polar surface area (TPSA) is 139 Å². The third-order valence-corrected chi connectivity index (χ3v) is 8.55. The minimum Gasteiger partial charge on any atom is -0.477 e. The van der Waals surface area contributed by atoms with Crippen LogP contribution in [0.15, 0.2) is 102 Å². The maximum atomic E-state index is 14.0. The Bertz CT molecular complexity index is 1570. The largest absolute Gasteiger partial charge is 0.477 e. The number of benzene rings is 3. The first-order valence-corrected chi connectivity index (χ1v) is 16.2. The smallest absolute Gasteiger partial charge is 0.352 e. The summed E-state index contributed by atoms with van der Waals surface area (Å²) >= 11 is 1.14. The van der Waals surface area contributed by atoms with Crippen LogP contribution in [-0.4, -0.2) is 63.0 Å². The normalized spacial score (nSPS) is 16.2. The first kappa shape index (κ1) is 35.0. The van der Waals surface area contributed by atoms with Gasteiger partial charge in [0.2, 0.25) is 5.91 Å². The van der Waals surface area contributed by atoms with Crippen molar-refractivity contribution in [3.05, 3.63) is 119 Å². The maximum absolute atomic E-state index is 14.0. The number of nitrogens with one attached hydrogen (secondary N) is 1. The van der Waals surface area contributed by atoms with E-state index in [9.17, 15) is 29.1 Å². The average Bonchev–Trinajstić information content (AvgIpc) is 3.04. The summed E-state index contributed by atoms with van der Waals surface area (Å²) in [5.41, 5.74) is 1.95. The molecule has 0 aliphatic carbocycles. The highest BCUT2D eigenvalue weighted by atomic mass is 32.2. The van der Waals surface area contributed by atoms with Crippen molar-refractivity contribution >= 4 is 41.5 Å². The highest BCUT2D eigenvalue weighted by Gasteiger charge is 2.52. The Labute approximate surface area is 278 Å². The number of allylic oxidation sites excluding steroid dienone is 1. The van der Waals surface area contributed by atoms with Crippen molar-refractivity contribution in [2.75, 3.05) is 5.75 Å². The van der Waals surface area contributed by atoms with Crippen molar-refractivity contribution in [3.63, 3.8) is 0 Å². The number of thioether (sulfide) groups is 1. The molecule has 1 aliphatic heterocycles. The molecule has 3 unspecified atom stereocenters. The molecule has 47 heavy (non-hydrogen) atoms. The summed E-state index contributed by atoms with van der Waals surface area (Å²) in [6.45, 7) is 6.60. The lowest BCUT2D eigenvalue weighted by molar-refractivity contribution is -0.155. The molecule has 11 heteroatoms. The van der Waals surface area contributed by atoms with Gasteiger partial charge in [-0.3, -0.25) is 24.1 Å². The van der Waals surface area contributed by atoms with E-state index in [0.717, 1.165) is 16.7 Å². The van der Waals surface area contributed by atoms with Gasteiger partial charge in [-0.05, 0) is 50.0 Å². The lowest BCUT2D eigenvalue weighted by atomic mass is 9.95. The van der Waals surface area contributed by atoms with Crippen LogP contribution in [0.3, 0.4) is 0 Å². The molecule has 0 radical (unpaired) electrons. The third-order valence-electron chi connectivity index (χ3n) is 7.29. The molecule has 2 N–H and O–H groups in total. The summed E-state index contributed by atoms with van der Waals surface area (Å²) < 4.78 is 11.2. The number of carboxylic acid groups (broad SMARTS) is 1. The van der Waals surface area contributed by atoms with Gasteiger partial charge < -0.3 is 19.9 Å². The van der Waals surface area contributed by atoms with Gasteiger partial charge in [0.25, 0.3) is 5.91 Å². The summed E-state index contributed by atoms with van der Waals surface area (Å²) in [6.07, 6.45) is -1.10. The Hall–Kier alpha value is -4.90.